The van der Waals surface area contributed by atoms with Crippen LogP contribution in [0.3, 0.4) is 0 Å². The first-order chi connectivity index (χ1) is 34.4. The smallest absolute Gasteiger partial charge is 0.462 e. The van der Waals surface area contributed by atoms with Gasteiger partial charge < -0.3 is 45.1 Å². The third-order valence-electron chi connectivity index (χ3n) is 11.7. The van der Waals surface area contributed by atoms with Gasteiger partial charge in [0.1, 0.15) is 30.7 Å². The zero-order valence-electron chi connectivity index (χ0n) is 43.0. The molecule has 1 aromatic rings. The van der Waals surface area contributed by atoms with Gasteiger partial charge in [-0.1, -0.05) is 166 Å². The lowest BCUT2D eigenvalue weighted by molar-refractivity contribution is -0.161. The van der Waals surface area contributed by atoms with Gasteiger partial charge in [0, 0.05) is 19.0 Å². The van der Waals surface area contributed by atoms with E-state index in [0.717, 1.165) is 55.2 Å². The van der Waals surface area contributed by atoms with Crippen molar-refractivity contribution in [3.8, 4) is 0 Å². The number of carbonyl (C=O) groups is 2. The summed E-state index contributed by atoms with van der Waals surface area (Å²) in [6.07, 6.45) is 30.8. The third-order valence-corrected chi connectivity index (χ3v) is 14.3. The average Bonchev–Trinajstić information content (AvgIpc) is 3.60. The number of rotatable bonds is 42. The number of anilines is 1. The second-order valence-corrected chi connectivity index (χ2v) is 21.7. The monoisotopic (exact) mass is 1060 g/mol. The van der Waals surface area contributed by atoms with Crippen LogP contribution in [0.5, 0.6) is 0 Å². The highest BCUT2D eigenvalue weighted by atomic mass is 31.3. The zero-order valence-corrected chi connectivity index (χ0v) is 44.8. The van der Waals surface area contributed by atoms with Crippen LogP contribution in [0.1, 0.15) is 181 Å². The van der Waals surface area contributed by atoms with Crippen LogP contribution in [0.15, 0.2) is 65.7 Å². The van der Waals surface area contributed by atoms with Gasteiger partial charge in [0.2, 0.25) is 0 Å². The summed E-state index contributed by atoms with van der Waals surface area (Å²) in [5, 5.41) is 31.0. The summed E-state index contributed by atoms with van der Waals surface area (Å²) >= 11 is 0. The molecule has 1 fully saturated rings. The van der Waals surface area contributed by atoms with Gasteiger partial charge in [0.15, 0.2) is 12.3 Å². The van der Waals surface area contributed by atoms with Gasteiger partial charge >= 0.3 is 33.3 Å². The number of unbranched alkanes of at least 4 members (excludes halogenated alkanes) is 16. The predicted octanol–water partition coefficient (Wildman–Crippen LogP) is 9.77. The molecule has 21 heteroatoms. The summed E-state index contributed by atoms with van der Waals surface area (Å²) in [5.74, 6) is -0.625. The average molecular weight is 1060 g/mol. The molecule has 0 aliphatic carbocycles. The van der Waals surface area contributed by atoms with Gasteiger partial charge in [-0.05, 0) is 56.9 Å². The number of ether oxygens (including phenoxy) is 3. The molecule has 0 radical (unpaired) electrons. The topological polar surface area (TPSA) is 286 Å². The molecule has 1 aliphatic rings. The summed E-state index contributed by atoms with van der Waals surface area (Å²) in [5.41, 5.74) is 4.58. The fourth-order valence-electron chi connectivity index (χ4n) is 7.57. The molecule has 2 heterocycles. The normalized spacial score (nSPS) is 20.0. The van der Waals surface area contributed by atoms with Crippen LogP contribution in [0, 0.1) is 5.92 Å². The van der Waals surface area contributed by atoms with Crippen molar-refractivity contribution in [3.05, 3.63) is 71.4 Å². The van der Waals surface area contributed by atoms with Gasteiger partial charge in [-0.3, -0.25) is 23.2 Å². The molecule has 72 heavy (non-hydrogen) atoms. The molecule has 0 aromatic carbocycles. The maximum atomic E-state index is 12.9. The van der Waals surface area contributed by atoms with E-state index in [9.17, 15) is 48.6 Å². The minimum absolute atomic E-state index is 0.0597. The molecule has 412 valence electrons. The minimum Gasteiger partial charge on any atom is -0.462 e. The molecule has 8 atom stereocenters. The Morgan fingerprint density at radius 2 is 1.39 bits per heavy atom. The summed E-state index contributed by atoms with van der Waals surface area (Å²) in [6.45, 7) is 4.31. The Bertz CT molecular complexity index is 1930. The Balaban J connectivity index is 1.83. The van der Waals surface area contributed by atoms with Crippen LogP contribution in [-0.2, 0) is 46.3 Å². The number of nitrogens with zero attached hydrogens (tertiary/aromatic N) is 2. The number of phosphoric acid groups is 2. The van der Waals surface area contributed by atoms with E-state index in [2.05, 4.69) is 36.1 Å². The van der Waals surface area contributed by atoms with E-state index in [0.29, 0.717) is 32.1 Å². The number of aromatic nitrogens is 2. The summed E-state index contributed by atoms with van der Waals surface area (Å²) in [4.78, 5) is 61.9. The van der Waals surface area contributed by atoms with Crippen LogP contribution >= 0.6 is 15.6 Å². The number of allylic oxidation sites excluding steroid dienone is 6. The first-order valence-electron chi connectivity index (χ1n) is 26.1. The van der Waals surface area contributed by atoms with Crippen molar-refractivity contribution in [2.24, 2.45) is 5.92 Å². The van der Waals surface area contributed by atoms with Gasteiger partial charge in [0.05, 0.1) is 19.3 Å². The van der Waals surface area contributed by atoms with Crippen molar-refractivity contribution in [3.63, 3.8) is 0 Å². The fraction of sp³-hybridized carbons (Fsp3) is 0.725. The van der Waals surface area contributed by atoms with E-state index in [1.54, 1.807) is 6.08 Å². The third kappa shape index (κ3) is 31.4. The van der Waals surface area contributed by atoms with Crippen LogP contribution in [0.2, 0.25) is 0 Å². The largest absolute Gasteiger partial charge is 0.481 e. The van der Waals surface area contributed by atoms with Crippen molar-refractivity contribution in [1.82, 2.24) is 9.55 Å². The van der Waals surface area contributed by atoms with Crippen molar-refractivity contribution in [2.75, 3.05) is 25.6 Å². The standard InChI is InChI=1S/C51H87N3O16P2/c1-4-5-6-7-16-22-27-32-42(55)33-28-23-18-15-20-25-30-35-47(57)68-43(38-65-46(56)34-29-24-19-14-12-10-8-9-11-13-17-21-26-31-41(2)3)39-66-71(61,62)70-72(63,64)67-40-44-48(58)49(59)50(69-44)54-37-36-45(52)53-51(54)60/h15-16,20,22-23,27-28,32,36-37,41-44,48-50,55,58-59H,4-14,17-19,21,24-26,29-31,33-35,38-40H2,1-3H3,(H,61,62)(H,63,64)(H2,52,53,60)/b20-15+,22-16-,28-23-,32-27-/t42-,43+,44+,48+,49+,50+/m0/s1. The fourth-order valence-corrected chi connectivity index (χ4v) is 9.68. The SMILES string of the molecule is CCCCC/C=C\C=C/[C@H](O)C/C=C\C/C=C/CCCC(=O)O[C@H](COC(=O)CCCCCCCCCCCCCCCC(C)C)COP(=O)(O)OP(=O)(O)OC[C@H]1O[C@@H](n2ccc(N)nc2=O)[C@H](O)[C@@H]1O. The van der Waals surface area contributed by atoms with E-state index in [4.69, 9.17) is 29.0 Å². The quantitative estimate of drug-likeness (QED) is 0.0117. The number of carbonyl (C=O) groups excluding carboxylic acids is 2. The number of phosphoric ester groups is 2. The van der Waals surface area contributed by atoms with Gasteiger partial charge in [0.25, 0.3) is 0 Å². The first-order valence-corrected chi connectivity index (χ1v) is 29.1. The van der Waals surface area contributed by atoms with Crippen molar-refractivity contribution < 1.29 is 71.4 Å². The van der Waals surface area contributed by atoms with Crippen LogP contribution in [0.4, 0.5) is 5.82 Å². The Morgan fingerprint density at radius 1 is 0.778 bits per heavy atom. The molecule has 0 bridgehead atoms. The second-order valence-electron chi connectivity index (χ2n) is 18.7. The van der Waals surface area contributed by atoms with E-state index >= 15 is 0 Å². The highest BCUT2D eigenvalue weighted by Crippen LogP contribution is 2.60. The zero-order chi connectivity index (χ0) is 53.0. The van der Waals surface area contributed by atoms with Gasteiger partial charge in [-0.25, -0.2) is 13.9 Å². The van der Waals surface area contributed by atoms with Crippen molar-refractivity contribution in [1.29, 1.82) is 0 Å². The molecule has 2 unspecified atom stereocenters. The van der Waals surface area contributed by atoms with E-state index in [1.807, 2.05) is 36.5 Å². The molecule has 7 N–H and O–H groups in total. The summed E-state index contributed by atoms with van der Waals surface area (Å²) in [6, 6.07) is 1.24. The van der Waals surface area contributed by atoms with Crippen LogP contribution in [-0.4, -0.2) is 96.9 Å². The maximum absolute atomic E-state index is 12.9. The number of nitrogens with two attached hydrogens (primary N) is 1. The molecule has 19 nitrogen and oxygen atoms in total. The first kappa shape index (κ1) is 64.8. The molecule has 0 spiro atoms. The minimum atomic E-state index is -5.45. The number of aliphatic hydroxyl groups is 3. The molecule has 1 aromatic heterocycles. The Hall–Kier alpha value is -3.32. The number of hydrogen-bond acceptors (Lipinski definition) is 16. The second kappa shape index (κ2) is 38.3. The Morgan fingerprint density at radius 3 is 2.04 bits per heavy atom. The number of esters is 2. The lowest BCUT2D eigenvalue weighted by Gasteiger charge is -2.21. The van der Waals surface area contributed by atoms with Crippen molar-refractivity contribution in [2.45, 2.75) is 212 Å². The van der Waals surface area contributed by atoms with E-state index in [-0.39, 0.29) is 18.7 Å². The van der Waals surface area contributed by atoms with Crippen LogP contribution < -0.4 is 11.4 Å². The van der Waals surface area contributed by atoms with Gasteiger partial charge in [-0.15, -0.1) is 0 Å². The summed E-state index contributed by atoms with van der Waals surface area (Å²) < 4.78 is 56.7. The van der Waals surface area contributed by atoms with Crippen LogP contribution in [0.25, 0.3) is 0 Å². The Labute approximate surface area is 427 Å². The highest BCUT2D eigenvalue weighted by molar-refractivity contribution is 7.61. The molecule has 0 amide bonds. The predicted molar refractivity (Wildman–Crippen MR) is 276 cm³/mol. The molecule has 1 saturated heterocycles. The maximum Gasteiger partial charge on any atom is 0.481 e. The number of aliphatic hydroxyl groups excluding tert-OH is 3. The number of nitrogen functional groups attached to an aromatic ring is 1. The van der Waals surface area contributed by atoms with E-state index in [1.165, 1.54) is 76.7 Å². The molecular formula is C51H87N3O16P2. The number of hydrogen-bond donors (Lipinski definition) is 6. The molecular weight excluding hydrogens is 973 g/mol. The molecule has 0 saturated carbocycles. The van der Waals surface area contributed by atoms with E-state index < -0.39 is 89.8 Å². The lowest BCUT2D eigenvalue weighted by Crippen LogP contribution is -2.36. The van der Waals surface area contributed by atoms with Gasteiger partial charge in [-0.2, -0.15) is 9.29 Å². The highest BCUT2D eigenvalue weighted by Gasteiger charge is 2.46. The Kier molecular flexibility index (Phi) is 34.4. The molecule has 1 aliphatic heterocycles. The summed E-state index contributed by atoms with van der Waals surface area (Å²) in [7, 11) is -10.9. The van der Waals surface area contributed by atoms with Crippen molar-refractivity contribution >= 4 is 33.4 Å². The lowest BCUT2D eigenvalue weighted by atomic mass is 10.0. The molecule has 2 rings (SSSR count).